The quantitative estimate of drug-likeness (QED) is 0.00808. The number of ketones is 1. The molecule has 0 bridgehead atoms. The molecule has 0 saturated carbocycles. The highest BCUT2D eigenvalue weighted by Crippen LogP contribution is 2.26. The fourth-order valence-electron chi connectivity index (χ4n) is 15.6. The van der Waals surface area contributed by atoms with Crippen LogP contribution in [0.2, 0.25) is 0 Å². The summed E-state index contributed by atoms with van der Waals surface area (Å²) < 4.78 is 5.39. The van der Waals surface area contributed by atoms with Gasteiger partial charge in [0.25, 0.3) is 0 Å². The maximum Gasteiger partial charge on any atom is 0.307 e. The Morgan fingerprint density at radius 2 is 0.912 bits per heavy atom. The number of nitrogens with one attached hydrogen (secondary N) is 5. The third-order valence-corrected chi connectivity index (χ3v) is 23.6. The number of thiol groups is 1. The van der Waals surface area contributed by atoms with Gasteiger partial charge in [-0.15, -0.1) is 0 Å². The minimum absolute atomic E-state index is 0.0155. The molecule has 0 spiro atoms. The molecule has 1 fully saturated rings. The number of nitrogens with zero attached hydrogens (tertiary/aromatic N) is 6. The number of benzene rings is 6. The van der Waals surface area contributed by atoms with Gasteiger partial charge < -0.3 is 70.6 Å². The second-order valence-corrected chi connectivity index (χ2v) is 37.7. The number of hydrogen-bond donors (Lipinski definition) is 7. The molecule has 740 valence electrons. The van der Waals surface area contributed by atoms with Crippen molar-refractivity contribution < 1.29 is 77.0 Å². The van der Waals surface area contributed by atoms with E-state index < -0.39 is 180 Å². The van der Waals surface area contributed by atoms with Crippen molar-refractivity contribution in [3.63, 3.8) is 0 Å². The number of aliphatic hydroxyl groups is 1. The van der Waals surface area contributed by atoms with Crippen molar-refractivity contribution in [2.75, 3.05) is 54.9 Å². The molecule has 28 heteroatoms. The van der Waals surface area contributed by atoms with Crippen molar-refractivity contribution >= 4 is 95.6 Å². The maximum atomic E-state index is 15.1. The highest BCUT2D eigenvalue weighted by atomic mass is 32.1. The van der Waals surface area contributed by atoms with E-state index in [9.17, 15) is 62.6 Å². The van der Waals surface area contributed by atoms with Gasteiger partial charge in [0.15, 0.2) is 5.78 Å². The number of ether oxygens (including phenoxy) is 1. The smallest absolute Gasteiger partial charge is 0.307 e. The number of Topliss-reactive ketones (excluding diaryl/α,β-unsaturated/α-hetero) is 1. The molecule has 0 aromatic heterocycles. The highest BCUT2D eigenvalue weighted by molar-refractivity contribution is 7.79. The zero-order chi connectivity index (χ0) is 101. The third-order valence-electron chi connectivity index (χ3n) is 23.2. The molecule has 6 aromatic rings. The van der Waals surface area contributed by atoms with E-state index in [1.165, 1.54) is 87.7 Å². The van der Waals surface area contributed by atoms with Crippen LogP contribution in [-0.4, -0.2) is 238 Å². The fraction of sp³-hybridized carbons (Fsp3) is 0.481. The number of allylic oxidation sites excluding steroid dienone is 3. The number of carbonyl (C=O) groups excluding carboxylic acids is 14. The lowest BCUT2D eigenvalue weighted by Crippen LogP contribution is -2.61. The van der Waals surface area contributed by atoms with Gasteiger partial charge in [-0.1, -0.05) is 282 Å². The van der Waals surface area contributed by atoms with Crippen LogP contribution < -0.4 is 26.6 Å². The van der Waals surface area contributed by atoms with Gasteiger partial charge in [0, 0.05) is 91.6 Å². The summed E-state index contributed by atoms with van der Waals surface area (Å²) in [7, 11) is 6.84. The van der Waals surface area contributed by atoms with Crippen molar-refractivity contribution in [1.29, 1.82) is 0 Å². The summed E-state index contributed by atoms with van der Waals surface area (Å²) in [5.41, 5.74) is 4.98. The van der Waals surface area contributed by atoms with E-state index in [4.69, 9.17) is 4.74 Å². The Balaban J connectivity index is 0.00000120. The van der Waals surface area contributed by atoms with Crippen molar-refractivity contribution in [1.82, 2.24) is 56.0 Å². The number of esters is 1. The molecule has 7 rings (SSSR count). The van der Waals surface area contributed by atoms with Crippen LogP contribution in [0, 0.1) is 35.5 Å². The number of amides is 11. The minimum Gasteiger partial charge on any atom is -0.460 e. The van der Waals surface area contributed by atoms with E-state index in [0.717, 1.165) is 46.1 Å². The van der Waals surface area contributed by atoms with Gasteiger partial charge in [-0.3, -0.25) is 62.3 Å². The SMILES string of the molecule is C=C/C=C(\C=C)C[C@@H](C(=O)NCC(=O)N(C)[C@@H](CC(C)C)C(=O)N(C)[C@H](C(=O)C[C@@H](Cc1ccccc1)C(=O)N[C@@H](CC=O)C(=O)N(C)[C@@H](Cc1ccccc1)C(=O)N[C@@H](C)C(=O)N1CCCCC1)C(C)C)N(C)C(=O)[C@@H](NC(=O)[C@H](CC(C)C)N(C)C(=O)[C@@H](NC(=O)[C@H](C)CC(=O)OC(C)(C)C)C(C)C)[C@@H](C)O.SCc1ccccc1.c1ccc(Cc2ccccc2)cc1.c1ccccc1. The number of carbonyl (C=O) groups is 14. The molecule has 11 amide bonds. The monoisotopic (exact) mass is 1890 g/mol. The maximum absolute atomic E-state index is 15.1. The summed E-state index contributed by atoms with van der Waals surface area (Å²) in [5, 5.41) is 24.8. The van der Waals surface area contributed by atoms with Crippen LogP contribution in [0.15, 0.2) is 225 Å². The molecule has 1 saturated heterocycles. The molecule has 1 aliphatic rings. The van der Waals surface area contributed by atoms with Crippen LogP contribution in [0.5, 0.6) is 0 Å². The van der Waals surface area contributed by atoms with Gasteiger partial charge in [0.1, 0.15) is 60.2 Å². The summed E-state index contributed by atoms with van der Waals surface area (Å²) in [6, 6.07) is 49.3. The summed E-state index contributed by atoms with van der Waals surface area (Å²) in [6.45, 7) is 31.6. The molecule has 0 radical (unpaired) electrons. The van der Waals surface area contributed by atoms with Gasteiger partial charge in [-0.05, 0) is 137 Å². The normalized spacial score (nSPS) is 14.5. The Hall–Kier alpha value is -12.2. The van der Waals surface area contributed by atoms with E-state index in [2.05, 4.69) is 125 Å². The van der Waals surface area contributed by atoms with Crippen LogP contribution in [0.25, 0.3) is 0 Å². The largest absolute Gasteiger partial charge is 0.460 e. The first-order valence-corrected chi connectivity index (χ1v) is 47.7. The van der Waals surface area contributed by atoms with Crippen LogP contribution in [0.1, 0.15) is 183 Å². The molecular formula is C108H151N11O16S. The summed E-state index contributed by atoms with van der Waals surface area (Å²) in [4.78, 5) is 206. The molecule has 0 aliphatic carbocycles. The van der Waals surface area contributed by atoms with E-state index in [-0.39, 0.29) is 56.3 Å². The Labute approximate surface area is 813 Å². The number of likely N-dealkylation sites (tertiary alicyclic amines) is 1. The van der Waals surface area contributed by atoms with Crippen molar-refractivity contribution in [3.8, 4) is 0 Å². The first kappa shape index (κ1) is 116. The van der Waals surface area contributed by atoms with Gasteiger partial charge in [0.05, 0.1) is 25.1 Å². The van der Waals surface area contributed by atoms with Gasteiger partial charge in [0.2, 0.25) is 65.0 Å². The molecule has 1 aliphatic heterocycles. The first-order valence-electron chi connectivity index (χ1n) is 47.1. The Morgan fingerprint density at radius 3 is 1.35 bits per heavy atom. The highest BCUT2D eigenvalue weighted by Gasteiger charge is 2.43. The summed E-state index contributed by atoms with van der Waals surface area (Å²) in [5.74, 6) is -11.6. The van der Waals surface area contributed by atoms with Crippen LogP contribution in [-0.2, 0) is 96.9 Å². The Morgan fingerprint density at radius 1 is 0.471 bits per heavy atom. The van der Waals surface area contributed by atoms with Gasteiger partial charge >= 0.3 is 5.97 Å². The van der Waals surface area contributed by atoms with Crippen molar-refractivity contribution in [2.45, 2.75) is 246 Å². The lowest BCUT2D eigenvalue weighted by atomic mass is 9.87. The molecule has 6 N–H and O–H groups in total. The van der Waals surface area contributed by atoms with Crippen LogP contribution in [0.4, 0.5) is 0 Å². The number of aliphatic hydroxyl groups excluding tert-OH is 1. The molecule has 1 heterocycles. The second kappa shape index (κ2) is 60.3. The molecule has 0 unspecified atom stereocenters. The fourth-order valence-corrected chi connectivity index (χ4v) is 15.8. The summed E-state index contributed by atoms with van der Waals surface area (Å²) >= 11 is 4.11. The number of hydrogen-bond acceptors (Lipinski definition) is 17. The summed E-state index contributed by atoms with van der Waals surface area (Å²) in [6.07, 6.45) is 5.69. The van der Waals surface area contributed by atoms with E-state index >= 15 is 9.59 Å². The third kappa shape index (κ3) is 40.4. The lowest BCUT2D eigenvalue weighted by molar-refractivity contribution is -0.157. The average molecular weight is 1890 g/mol. The number of likely N-dealkylation sites (N-methyl/N-ethyl adjacent to an activating group) is 5. The molecule has 27 nitrogen and oxygen atoms in total. The average Bonchev–Trinajstić information content (AvgIpc) is 0.815. The molecule has 6 aromatic carbocycles. The molecule has 12 atom stereocenters. The first-order chi connectivity index (χ1) is 64.4. The van der Waals surface area contributed by atoms with E-state index in [1.807, 2.05) is 82.3 Å². The molecular weight excluding hydrogens is 1740 g/mol. The zero-order valence-electron chi connectivity index (χ0n) is 83.4. The minimum atomic E-state index is -1.72. The number of rotatable bonds is 46. The van der Waals surface area contributed by atoms with E-state index in [1.54, 1.807) is 127 Å². The number of aldehydes is 1. The predicted molar refractivity (Wildman–Crippen MR) is 538 cm³/mol. The predicted octanol–water partition coefficient (Wildman–Crippen LogP) is 12.8. The topological polar surface area (TPSA) is 348 Å². The molecule has 136 heavy (non-hydrogen) atoms. The van der Waals surface area contributed by atoms with Gasteiger partial charge in [-0.25, -0.2) is 0 Å². The number of piperidine rings is 1. The second-order valence-electron chi connectivity index (χ2n) is 37.3. The van der Waals surface area contributed by atoms with Gasteiger partial charge in [-0.2, -0.15) is 12.6 Å². The van der Waals surface area contributed by atoms with Crippen LogP contribution >= 0.6 is 12.6 Å². The van der Waals surface area contributed by atoms with Crippen molar-refractivity contribution in [2.24, 2.45) is 35.5 Å². The lowest BCUT2D eigenvalue weighted by Gasteiger charge is -2.37. The zero-order valence-corrected chi connectivity index (χ0v) is 84.3. The van der Waals surface area contributed by atoms with Crippen molar-refractivity contribution in [3.05, 3.63) is 253 Å². The Bertz CT molecular complexity index is 4720. The Kier molecular flexibility index (Phi) is 51.5. The van der Waals surface area contributed by atoms with E-state index in [0.29, 0.717) is 36.1 Å². The standard InChI is InChI=1S/C82H125N11O16.C13H12.C7H8S.C6H6/c1-22-33-57(23-2)46-63(91(20)81(108)70(56(13)95)87-76(103)62(42-50(3)4)90(19)80(107)69(52(7)8)86-72(99)54(11)44-68(98)109-82(14,15)16)74(101)83-49-67(97)88(17)65(43-51(5)6)79(106)92(21)71(53(9)10)66(96)48-60(45-58-34-27-24-28-35-58)73(100)85-61(38-41-94)78(105)89(18)64(47-59-36-29-25-30-37-59)75(102)84-55(12)77(104)93-39-31-26-32-40-93;1-3-7-12(8-4-1)11-13-9-5-2-6-10-13;8-6-7-4-2-1-3-5-7;1-2-4-6-5-3-1/h22-25,27-30,33-37,41,50-56,60-65,69-71,95H,1-2,26,31-32,38-40,42-49H2,3-21H3,(H,83,101)(H,84,102)(H,85,100)(H,86,99)(H,87,103);1-10H,11H2;1-5,8H,6H2;1-6H/b57-33+;;;/t54-,55+,56-,60-,61+,62+,63+,64+,65+,69+,70+,71+;;;/m1.../s1. The van der Waals surface area contributed by atoms with Crippen LogP contribution in [0.3, 0.4) is 0 Å².